The molecule has 0 bridgehead atoms. The van der Waals surface area contributed by atoms with Crippen molar-refractivity contribution in [3.8, 4) is 0 Å². The molecule has 1 fully saturated rings. The number of hydrogen-bond donors (Lipinski definition) is 3. The van der Waals surface area contributed by atoms with Crippen molar-refractivity contribution in [3.63, 3.8) is 0 Å². The number of aliphatic imine (C=N–C) groups is 1. The third-order valence-corrected chi connectivity index (χ3v) is 3.27. The highest BCUT2D eigenvalue weighted by Crippen LogP contribution is 2.17. The molecule has 1 aromatic rings. The first-order valence-corrected chi connectivity index (χ1v) is 6.61. The van der Waals surface area contributed by atoms with Crippen molar-refractivity contribution in [2.24, 2.45) is 10.8 Å². The van der Waals surface area contributed by atoms with Gasteiger partial charge in [-0.1, -0.05) is 19.3 Å². The fourth-order valence-electron chi connectivity index (χ4n) is 2.30. The molecule has 5 nitrogen and oxygen atoms in total. The summed E-state index contributed by atoms with van der Waals surface area (Å²) in [6.07, 6.45) is 6.30. The van der Waals surface area contributed by atoms with Crippen LogP contribution in [0.4, 0.5) is 0 Å². The number of guanidine groups is 1. The van der Waals surface area contributed by atoms with Crippen molar-refractivity contribution in [3.05, 3.63) is 23.7 Å². The predicted molar refractivity (Wildman–Crippen MR) is 71.9 cm³/mol. The van der Waals surface area contributed by atoms with Gasteiger partial charge in [0.15, 0.2) is 0 Å². The minimum absolute atomic E-state index is 0.492. The zero-order valence-corrected chi connectivity index (χ0v) is 10.9. The van der Waals surface area contributed by atoms with Gasteiger partial charge in [-0.05, 0) is 31.9 Å². The van der Waals surface area contributed by atoms with Crippen LogP contribution in [-0.4, -0.2) is 12.0 Å². The first-order chi connectivity index (χ1) is 8.78. The van der Waals surface area contributed by atoms with Crippen molar-refractivity contribution >= 4 is 5.96 Å². The fraction of sp³-hybridized carbons (Fsp3) is 0.615. The van der Waals surface area contributed by atoms with Crippen LogP contribution < -0.4 is 16.6 Å². The van der Waals surface area contributed by atoms with Crippen LogP contribution in [0.3, 0.4) is 0 Å². The lowest BCUT2D eigenvalue weighted by Gasteiger charge is -2.24. The van der Waals surface area contributed by atoms with E-state index in [1.807, 2.05) is 19.1 Å². The Morgan fingerprint density at radius 1 is 1.39 bits per heavy atom. The molecule has 1 heterocycles. The van der Waals surface area contributed by atoms with Crippen molar-refractivity contribution in [1.29, 1.82) is 0 Å². The molecule has 0 aliphatic heterocycles. The molecule has 1 aliphatic carbocycles. The van der Waals surface area contributed by atoms with Gasteiger partial charge in [0, 0.05) is 6.04 Å². The van der Waals surface area contributed by atoms with Gasteiger partial charge in [-0.2, -0.15) is 0 Å². The Morgan fingerprint density at radius 3 is 2.78 bits per heavy atom. The minimum atomic E-state index is 0.492. The number of nitrogens with one attached hydrogen (secondary N) is 2. The van der Waals surface area contributed by atoms with Gasteiger partial charge in [0.25, 0.3) is 0 Å². The molecule has 0 aromatic carbocycles. The van der Waals surface area contributed by atoms with Crippen LogP contribution in [0.15, 0.2) is 21.5 Å². The highest BCUT2D eigenvalue weighted by atomic mass is 16.3. The number of hydrazine groups is 1. The smallest absolute Gasteiger partial charge is 0.206 e. The van der Waals surface area contributed by atoms with Gasteiger partial charge in [-0.15, -0.1) is 0 Å². The van der Waals surface area contributed by atoms with Gasteiger partial charge in [0.1, 0.15) is 18.1 Å². The van der Waals surface area contributed by atoms with E-state index in [1.165, 1.54) is 32.1 Å². The van der Waals surface area contributed by atoms with Crippen LogP contribution in [0.5, 0.6) is 0 Å². The molecule has 0 amide bonds. The summed E-state index contributed by atoms with van der Waals surface area (Å²) < 4.78 is 5.46. The Balaban J connectivity index is 1.86. The molecule has 18 heavy (non-hydrogen) atoms. The summed E-state index contributed by atoms with van der Waals surface area (Å²) in [6.45, 7) is 2.43. The largest absolute Gasteiger partial charge is 0.464 e. The monoisotopic (exact) mass is 250 g/mol. The second kappa shape index (κ2) is 6.44. The average Bonchev–Trinajstić information content (AvgIpc) is 2.81. The molecule has 0 unspecified atom stereocenters. The SMILES string of the molecule is Cc1ccc(CN=C(NN)NC2CCCCC2)o1. The van der Waals surface area contributed by atoms with Crippen LogP contribution in [0.1, 0.15) is 43.6 Å². The Labute approximate surface area is 108 Å². The average molecular weight is 250 g/mol. The molecule has 1 saturated carbocycles. The van der Waals surface area contributed by atoms with E-state index in [-0.39, 0.29) is 0 Å². The Hall–Kier alpha value is -1.49. The highest BCUT2D eigenvalue weighted by molar-refractivity contribution is 5.79. The normalized spacial score (nSPS) is 17.8. The predicted octanol–water partition coefficient (Wildman–Crippen LogP) is 1.83. The van der Waals surface area contributed by atoms with Crippen molar-refractivity contribution in [1.82, 2.24) is 10.7 Å². The van der Waals surface area contributed by atoms with Crippen molar-refractivity contribution in [2.45, 2.75) is 51.6 Å². The Morgan fingerprint density at radius 2 is 2.17 bits per heavy atom. The van der Waals surface area contributed by atoms with E-state index in [0.717, 1.165) is 11.5 Å². The van der Waals surface area contributed by atoms with Crippen LogP contribution in [0, 0.1) is 6.92 Å². The van der Waals surface area contributed by atoms with Gasteiger partial charge in [0.05, 0.1) is 0 Å². The first kappa shape index (κ1) is 13.0. The third kappa shape index (κ3) is 3.77. The zero-order valence-electron chi connectivity index (χ0n) is 10.9. The summed E-state index contributed by atoms with van der Waals surface area (Å²) >= 11 is 0. The van der Waals surface area contributed by atoms with E-state index < -0.39 is 0 Å². The lowest BCUT2D eigenvalue weighted by Crippen LogP contribution is -2.47. The molecular formula is C13H22N4O. The molecule has 1 aromatic heterocycles. The van der Waals surface area contributed by atoms with E-state index in [1.54, 1.807) is 0 Å². The van der Waals surface area contributed by atoms with Crippen molar-refractivity contribution < 1.29 is 4.42 Å². The maximum atomic E-state index is 5.49. The number of furan rings is 1. The van der Waals surface area contributed by atoms with Gasteiger partial charge in [-0.25, -0.2) is 10.8 Å². The molecular weight excluding hydrogens is 228 g/mol. The maximum absolute atomic E-state index is 5.49. The van der Waals surface area contributed by atoms with E-state index in [2.05, 4.69) is 15.7 Å². The molecule has 4 N–H and O–H groups in total. The van der Waals surface area contributed by atoms with E-state index in [9.17, 15) is 0 Å². The second-order valence-corrected chi connectivity index (χ2v) is 4.80. The van der Waals surface area contributed by atoms with Crippen LogP contribution >= 0.6 is 0 Å². The number of hydrogen-bond acceptors (Lipinski definition) is 3. The lowest BCUT2D eigenvalue weighted by molar-refractivity contribution is 0.409. The van der Waals surface area contributed by atoms with Gasteiger partial charge in [0.2, 0.25) is 5.96 Å². The highest BCUT2D eigenvalue weighted by Gasteiger charge is 2.14. The number of aryl methyl sites for hydroxylation is 1. The van der Waals surface area contributed by atoms with Crippen LogP contribution in [-0.2, 0) is 6.54 Å². The molecule has 0 spiro atoms. The number of nitrogens with zero attached hydrogens (tertiary/aromatic N) is 1. The van der Waals surface area contributed by atoms with Gasteiger partial charge >= 0.3 is 0 Å². The molecule has 100 valence electrons. The molecule has 2 rings (SSSR count). The fourth-order valence-corrected chi connectivity index (χ4v) is 2.30. The quantitative estimate of drug-likeness (QED) is 0.331. The van der Waals surface area contributed by atoms with Gasteiger partial charge in [-0.3, -0.25) is 5.43 Å². The van der Waals surface area contributed by atoms with Crippen LogP contribution in [0.2, 0.25) is 0 Å². The van der Waals surface area contributed by atoms with E-state index in [0.29, 0.717) is 18.5 Å². The first-order valence-electron chi connectivity index (χ1n) is 6.61. The Bertz CT molecular complexity index is 393. The molecule has 0 atom stereocenters. The zero-order chi connectivity index (χ0) is 12.8. The lowest BCUT2D eigenvalue weighted by atomic mass is 9.96. The molecule has 5 heteroatoms. The van der Waals surface area contributed by atoms with Gasteiger partial charge < -0.3 is 9.73 Å². The molecule has 1 aliphatic rings. The second-order valence-electron chi connectivity index (χ2n) is 4.80. The summed E-state index contributed by atoms with van der Waals surface area (Å²) in [4.78, 5) is 4.40. The minimum Gasteiger partial charge on any atom is -0.464 e. The number of rotatable bonds is 3. The molecule has 0 saturated heterocycles. The molecule has 0 radical (unpaired) electrons. The summed E-state index contributed by atoms with van der Waals surface area (Å²) in [7, 11) is 0. The van der Waals surface area contributed by atoms with Crippen molar-refractivity contribution in [2.75, 3.05) is 0 Å². The third-order valence-electron chi connectivity index (χ3n) is 3.27. The standard InChI is InChI=1S/C13H22N4O/c1-10-7-8-12(18-10)9-15-13(17-14)16-11-5-3-2-4-6-11/h7-8,11H,2-6,9,14H2,1H3,(H2,15,16,17). The van der Waals surface area contributed by atoms with E-state index >= 15 is 0 Å². The number of nitrogens with two attached hydrogens (primary N) is 1. The van der Waals surface area contributed by atoms with Crippen LogP contribution in [0.25, 0.3) is 0 Å². The summed E-state index contributed by atoms with van der Waals surface area (Å²) in [5.74, 6) is 7.89. The summed E-state index contributed by atoms with van der Waals surface area (Å²) in [5.41, 5.74) is 2.62. The van der Waals surface area contributed by atoms with E-state index in [4.69, 9.17) is 10.3 Å². The maximum Gasteiger partial charge on any atom is 0.206 e. The summed E-state index contributed by atoms with van der Waals surface area (Å²) in [5, 5.41) is 3.35. The Kier molecular flexibility index (Phi) is 4.64. The summed E-state index contributed by atoms with van der Waals surface area (Å²) in [6, 6.07) is 4.37. The topological polar surface area (TPSA) is 75.6 Å².